The van der Waals surface area contributed by atoms with Crippen molar-refractivity contribution in [2.75, 3.05) is 89.6 Å². The predicted octanol–water partition coefficient (Wildman–Crippen LogP) is 2.19. The molecule has 1 N–H and O–H groups in total. The number of likely N-dealkylation sites (tertiary alicyclic amines) is 2. The van der Waals surface area contributed by atoms with E-state index < -0.39 is 10.0 Å². The van der Waals surface area contributed by atoms with Crippen LogP contribution in [0.25, 0.3) is 67.4 Å². The van der Waals surface area contributed by atoms with Gasteiger partial charge in [0, 0.05) is 94.4 Å². The summed E-state index contributed by atoms with van der Waals surface area (Å²) in [5.74, 6) is 2.95. The fourth-order valence-electron chi connectivity index (χ4n) is 12.4. The molecule has 1 aromatic carbocycles. The summed E-state index contributed by atoms with van der Waals surface area (Å²) in [5.41, 5.74) is 11.9. The summed E-state index contributed by atoms with van der Waals surface area (Å²) in [6.07, 6.45) is 11.3. The monoisotopic (exact) mass is 1470 g/mol. The summed E-state index contributed by atoms with van der Waals surface area (Å²) in [4.78, 5) is 53.5. The van der Waals surface area contributed by atoms with Gasteiger partial charge in [-0.2, -0.15) is 10.2 Å². The number of piperidine rings is 2. The van der Waals surface area contributed by atoms with Gasteiger partial charge in [-0.05, 0) is 151 Å². The molecule has 4 aliphatic rings. The smallest absolute Gasteiger partial charge is 1.00 e. The first kappa shape index (κ1) is 71.0. The quantitative estimate of drug-likeness (QED) is 0.111. The molecule has 0 amide bonds. The van der Waals surface area contributed by atoms with Crippen LogP contribution in [0.2, 0.25) is 0 Å². The number of aryl methyl sites for hydroxylation is 3. The summed E-state index contributed by atoms with van der Waals surface area (Å²) in [7, 11) is 0.495. The Morgan fingerprint density at radius 2 is 1.12 bits per heavy atom. The molecule has 26 heteroatoms. The van der Waals surface area contributed by atoms with E-state index in [1.165, 1.54) is 9.67 Å². The van der Waals surface area contributed by atoms with Crippen molar-refractivity contribution >= 4 is 50.2 Å². The van der Waals surface area contributed by atoms with Gasteiger partial charge in [-0.25, -0.2) is 42.3 Å². The zero-order valence-electron chi connectivity index (χ0n) is 53.3. The molecule has 2 atom stereocenters. The number of nitrogens with zero attached hydrogens (tertiary/aromatic N) is 15. The van der Waals surface area contributed by atoms with Gasteiger partial charge in [0.05, 0.1) is 78.3 Å². The number of hydrogen-bond acceptors (Lipinski definition) is 19. The summed E-state index contributed by atoms with van der Waals surface area (Å²) in [6.45, 7) is 23.0. The molecule has 0 saturated carbocycles. The Bertz CT molecular complexity index is 4000. The maximum atomic E-state index is 13.7. The summed E-state index contributed by atoms with van der Waals surface area (Å²) in [6, 6.07) is 19.9. The van der Waals surface area contributed by atoms with Crippen LogP contribution in [0, 0.1) is 34.6 Å². The molecule has 0 aliphatic carbocycles. The van der Waals surface area contributed by atoms with Gasteiger partial charge in [-0.3, -0.25) is 14.2 Å². The van der Waals surface area contributed by atoms with Crippen LogP contribution in [0.1, 0.15) is 88.8 Å². The van der Waals surface area contributed by atoms with E-state index in [1.54, 1.807) is 42.7 Å². The Kier molecular flexibility index (Phi) is 25.0. The van der Waals surface area contributed by atoms with Crippen molar-refractivity contribution in [1.82, 2.24) is 68.2 Å². The van der Waals surface area contributed by atoms with Crippen molar-refractivity contribution in [3.05, 3.63) is 114 Å². The molecule has 9 aromatic rings. The van der Waals surface area contributed by atoms with Crippen molar-refractivity contribution in [3.63, 3.8) is 0 Å². The molecule has 4 aliphatic heterocycles. The molecule has 0 bridgehead atoms. The van der Waals surface area contributed by atoms with E-state index in [2.05, 4.69) is 110 Å². The number of benzene rings is 1. The molecule has 12 heterocycles. The van der Waals surface area contributed by atoms with E-state index in [9.17, 15) is 8.42 Å². The van der Waals surface area contributed by atoms with Crippen molar-refractivity contribution in [2.24, 2.45) is 0 Å². The normalized spacial score (nSPS) is 17.8. The molecule has 462 valence electrons. The molecule has 0 radical (unpaired) electrons. The van der Waals surface area contributed by atoms with Gasteiger partial charge in [0.25, 0.3) is 16.5 Å². The van der Waals surface area contributed by atoms with E-state index in [1.807, 2.05) is 44.4 Å². The Hall–Kier alpha value is -3.90. The number of ether oxygens (including phenoxy) is 2. The van der Waals surface area contributed by atoms with Crippen LogP contribution in [0.15, 0.2) is 90.3 Å². The van der Waals surface area contributed by atoms with Crippen molar-refractivity contribution in [3.8, 4) is 45.3 Å². The number of pyridine rings is 2. The number of morpholine rings is 2. The number of aromatic nitrogens is 12. The van der Waals surface area contributed by atoms with Crippen LogP contribution in [-0.2, 0) is 29.2 Å². The van der Waals surface area contributed by atoms with Gasteiger partial charge in [0.1, 0.15) is 17.3 Å². The maximum absolute atomic E-state index is 13.7. The minimum absolute atomic E-state index is 0. The van der Waals surface area contributed by atoms with Gasteiger partial charge >= 0.3 is 138 Å². The molecule has 4 fully saturated rings. The number of fused-ring (bicyclic) bond motifs is 2. The minimum Gasteiger partial charge on any atom is -1.00 e. The fraction of sp³-hybridized carbons (Fsp3) is 0.444. The number of carbonyl (C=O) groups excluding carboxylic acids is 1. The van der Waals surface area contributed by atoms with Gasteiger partial charge in [0.15, 0.2) is 17.3 Å². The fourth-order valence-corrected chi connectivity index (χ4v) is 13.7. The molecule has 0 unspecified atom stereocenters. The second kappa shape index (κ2) is 31.4. The van der Waals surface area contributed by atoms with Crippen LogP contribution in [0.3, 0.4) is 0 Å². The first-order valence-electron chi connectivity index (χ1n) is 29.4. The van der Waals surface area contributed by atoms with Crippen LogP contribution < -0.4 is 153 Å². The van der Waals surface area contributed by atoms with Crippen LogP contribution in [0.5, 0.6) is 0 Å². The molecule has 0 spiro atoms. The second-order valence-corrected chi connectivity index (χ2v) is 24.8. The average Bonchev–Trinajstić information content (AvgIpc) is 1.61. The van der Waals surface area contributed by atoms with Gasteiger partial charge in [0.2, 0.25) is 0 Å². The van der Waals surface area contributed by atoms with Gasteiger partial charge in [-0.1, -0.05) is 25.1 Å². The van der Waals surface area contributed by atoms with Crippen molar-refractivity contribution in [2.45, 2.75) is 111 Å². The zero-order valence-corrected chi connectivity index (χ0v) is 65.7. The maximum Gasteiger partial charge on any atom is 1.00 e. The van der Waals surface area contributed by atoms with Crippen molar-refractivity contribution in [1.29, 1.82) is 0 Å². The molecule has 89 heavy (non-hydrogen) atoms. The standard InChI is InChI=1S/C34H40N8O3S.C27H34N8O.CH2O3.CH4.2Cs.H/c1-22-6-8-27(9-7-22)46(43,44)41-17-13-29-28(10-14-35-34(29)41)33-36-30(20-31(37-33)40-18-19-45-21-23(40)2)32-24(3)38-42(25(32)4)26-11-15-39(5)16-12-26;1-17-16-36-14-13-34(17)24-15-23(30-27(31-24)22-6-10-29-26-21(22)5-9-28-26)25-18(2)32-35(19(25)3)20-7-11-33(4)12-8-20;2-1-4-3;;;;/h6-10,13-14,17,20,23,26H,11-12,15-16,18-19,21H2,1-5H3;5-6,9-10,15,17,20H,7-8,11-14,16H2,1-4H3,(H,28,29);1,3H;1H4;;;/q;;;;2*+1;-1/p-1/t23-;17-;;;;;/m11...../s1. The van der Waals surface area contributed by atoms with Crippen LogP contribution in [-0.4, -0.2) is 175 Å². The molecule has 4 saturated heterocycles. The molecular formula is C63H80Cs2N16O7S. The zero-order chi connectivity index (χ0) is 60.4. The van der Waals surface area contributed by atoms with E-state index in [0.717, 1.165) is 132 Å². The molecular weight excluding hydrogens is 1390 g/mol. The SMILES string of the molecule is C.Cc1ccc(S(=O)(=O)n2ccc3c(-c4nc(-c5c(C)nn(C6CCN(C)CC6)c5C)cc(N5CCOC[C@H]5C)n4)ccnc32)cc1.Cc1nn(C2CCN(C)CC2)c(C)c1-c1cc(N2CCOC[C@H]2C)nc(-c2ccnc3[nH]ccc23)n1.O=CO[O-].[Cs+].[Cs+].[H-]. The number of aromatic amines is 1. The summed E-state index contributed by atoms with van der Waals surface area (Å²) < 4.78 is 44.5. The topological polar surface area (TPSA) is 249 Å². The minimum atomic E-state index is -3.87. The van der Waals surface area contributed by atoms with Crippen LogP contribution in [0.4, 0.5) is 11.6 Å². The number of anilines is 2. The largest absolute Gasteiger partial charge is 1.00 e. The number of carbonyl (C=O) groups is 1. The van der Waals surface area contributed by atoms with E-state index >= 15 is 0 Å². The van der Waals surface area contributed by atoms with Crippen LogP contribution >= 0.6 is 0 Å². The van der Waals surface area contributed by atoms with E-state index in [4.69, 9.17) is 49.7 Å². The van der Waals surface area contributed by atoms with Gasteiger partial charge < -0.3 is 45.6 Å². The molecule has 8 aromatic heterocycles. The Morgan fingerprint density at radius 3 is 1.60 bits per heavy atom. The predicted molar refractivity (Wildman–Crippen MR) is 335 cm³/mol. The Morgan fingerprint density at radius 1 is 0.652 bits per heavy atom. The average molecular weight is 1470 g/mol. The Balaban J connectivity index is 0.000000237. The first-order chi connectivity index (χ1) is 41.5. The third-order valence-electron chi connectivity index (χ3n) is 17.1. The number of hydrogen-bond donors (Lipinski definition) is 1. The molecule has 13 rings (SSSR count). The summed E-state index contributed by atoms with van der Waals surface area (Å²) in [5, 5.41) is 20.2. The third-order valence-corrected chi connectivity index (χ3v) is 18.8. The number of H-pyrrole nitrogens is 1. The Labute approximate surface area is 640 Å². The second-order valence-electron chi connectivity index (χ2n) is 23.0. The van der Waals surface area contributed by atoms with Gasteiger partial charge in [-0.15, -0.1) is 0 Å². The van der Waals surface area contributed by atoms with Crippen molar-refractivity contribution < 1.29 is 172 Å². The summed E-state index contributed by atoms with van der Waals surface area (Å²) >= 11 is 0. The van der Waals surface area contributed by atoms with E-state index in [0.29, 0.717) is 73.3 Å². The first-order valence-corrected chi connectivity index (χ1v) is 30.9. The number of nitrogens with one attached hydrogen (secondary N) is 1. The molecule has 23 nitrogen and oxygen atoms in total. The van der Waals surface area contributed by atoms with E-state index in [-0.39, 0.29) is 170 Å². The third kappa shape index (κ3) is 15.4. The number of rotatable bonds is 11.